The van der Waals surface area contributed by atoms with E-state index in [0.29, 0.717) is 12.1 Å². The lowest BCUT2D eigenvalue weighted by molar-refractivity contribution is -0.109. The van der Waals surface area contributed by atoms with Crippen LogP contribution >= 0.6 is 11.8 Å². The molecule has 0 fully saturated rings. The third kappa shape index (κ3) is 7.05. The molecule has 0 spiro atoms. The van der Waals surface area contributed by atoms with Crippen molar-refractivity contribution in [2.24, 2.45) is 0 Å². The topological polar surface area (TPSA) is 72.0 Å². The third-order valence-corrected chi connectivity index (χ3v) is 4.51. The van der Waals surface area contributed by atoms with Gasteiger partial charge in [-0.1, -0.05) is 30.7 Å². The lowest BCUT2D eigenvalue weighted by Crippen LogP contribution is -2.24. The van der Waals surface area contributed by atoms with E-state index in [1.807, 2.05) is 24.3 Å². The second-order valence-electron chi connectivity index (χ2n) is 5.66. The number of hydrogen-bond acceptors (Lipinski definition) is 5. The Balaban J connectivity index is 1.66. The molecule has 0 saturated carbocycles. The van der Waals surface area contributed by atoms with E-state index in [0.717, 1.165) is 42.8 Å². The standard InChI is InChI=1S/C19H23N3O2S/c1-15(23)25-13-7-3-2-5-12-21-19(24)16-9-10-18(22-14-16)17-8-4-6-11-20-17/h4,6,8-11,14H,2-3,5,7,12-13H2,1H3,(H,21,24). The number of pyridine rings is 2. The Hall–Kier alpha value is -2.21. The van der Waals surface area contributed by atoms with Gasteiger partial charge < -0.3 is 5.32 Å². The van der Waals surface area contributed by atoms with Crippen molar-refractivity contribution in [2.75, 3.05) is 12.3 Å². The smallest absolute Gasteiger partial charge is 0.252 e. The lowest BCUT2D eigenvalue weighted by Gasteiger charge is -2.06. The van der Waals surface area contributed by atoms with Gasteiger partial charge in [-0.2, -0.15) is 0 Å². The molecule has 0 aliphatic carbocycles. The fourth-order valence-electron chi connectivity index (χ4n) is 2.29. The highest BCUT2D eigenvalue weighted by atomic mass is 32.2. The largest absolute Gasteiger partial charge is 0.352 e. The molecule has 0 bridgehead atoms. The van der Waals surface area contributed by atoms with Crippen LogP contribution in [0.1, 0.15) is 43.0 Å². The van der Waals surface area contributed by atoms with Gasteiger partial charge in [0.15, 0.2) is 5.12 Å². The van der Waals surface area contributed by atoms with E-state index in [1.54, 1.807) is 25.4 Å². The van der Waals surface area contributed by atoms with E-state index >= 15 is 0 Å². The molecule has 2 aromatic heterocycles. The lowest BCUT2D eigenvalue weighted by atomic mass is 10.2. The Morgan fingerprint density at radius 2 is 1.80 bits per heavy atom. The Labute approximate surface area is 152 Å². The minimum Gasteiger partial charge on any atom is -0.352 e. The van der Waals surface area contributed by atoms with Crippen molar-refractivity contribution in [3.63, 3.8) is 0 Å². The Morgan fingerprint density at radius 3 is 2.48 bits per heavy atom. The molecular formula is C19H23N3O2S. The Morgan fingerprint density at radius 1 is 1.00 bits per heavy atom. The number of amides is 1. The fourth-order valence-corrected chi connectivity index (χ4v) is 2.93. The predicted octanol–water partition coefficient (Wildman–Crippen LogP) is 3.71. The summed E-state index contributed by atoms with van der Waals surface area (Å²) < 4.78 is 0. The van der Waals surface area contributed by atoms with Crippen LogP contribution in [0.4, 0.5) is 0 Å². The molecule has 1 amide bonds. The number of carbonyl (C=O) groups excluding carboxylic acids is 2. The Bertz CT molecular complexity index is 675. The molecule has 0 unspecified atom stereocenters. The van der Waals surface area contributed by atoms with E-state index in [9.17, 15) is 9.59 Å². The van der Waals surface area contributed by atoms with Gasteiger partial charge in [-0.3, -0.25) is 19.6 Å². The first kappa shape index (κ1) is 19.1. The predicted molar refractivity (Wildman–Crippen MR) is 101 cm³/mol. The van der Waals surface area contributed by atoms with E-state index < -0.39 is 0 Å². The highest BCUT2D eigenvalue weighted by molar-refractivity contribution is 8.13. The third-order valence-electron chi connectivity index (χ3n) is 3.61. The average molecular weight is 357 g/mol. The molecule has 0 aromatic carbocycles. The minimum absolute atomic E-state index is 0.104. The summed E-state index contributed by atoms with van der Waals surface area (Å²) in [6.45, 7) is 2.25. The van der Waals surface area contributed by atoms with E-state index in [-0.39, 0.29) is 11.0 Å². The molecule has 2 rings (SSSR count). The second kappa shape index (κ2) is 10.6. The minimum atomic E-state index is -0.104. The van der Waals surface area contributed by atoms with E-state index in [4.69, 9.17) is 0 Å². The van der Waals surface area contributed by atoms with Gasteiger partial charge in [0.25, 0.3) is 5.91 Å². The number of carbonyl (C=O) groups is 2. The maximum Gasteiger partial charge on any atom is 0.252 e. The second-order valence-corrected chi connectivity index (χ2v) is 6.93. The molecule has 0 atom stereocenters. The van der Waals surface area contributed by atoms with Crippen LogP contribution in [0.15, 0.2) is 42.7 Å². The fraction of sp³-hybridized carbons (Fsp3) is 0.368. The van der Waals surface area contributed by atoms with Gasteiger partial charge in [0.1, 0.15) is 0 Å². The van der Waals surface area contributed by atoms with Crippen LogP contribution < -0.4 is 5.32 Å². The molecule has 0 aliphatic heterocycles. The summed E-state index contributed by atoms with van der Waals surface area (Å²) in [6.07, 6.45) is 7.41. The van der Waals surface area contributed by atoms with Crippen LogP contribution in [0.2, 0.25) is 0 Å². The number of hydrogen-bond donors (Lipinski definition) is 1. The molecule has 0 aliphatic rings. The van der Waals surface area contributed by atoms with Gasteiger partial charge in [-0.15, -0.1) is 0 Å². The summed E-state index contributed by atoms with van der Waals surface area (Å²) in [5.74, 6) is 0.780. The first-order valence-electron chi connectivity index (χ1n) is 8.46. The molecule has 6 heteroatoms. The number of aromatic nitrogens is 2. The number of rotatable bonds is 9. The number of nitrogens with zero attached hydrogens (tertiary/aromatic N) is 2. The number of thioether (sulfide) groups is 1. The van der Waals surface area contributed by atoms with Gasteiger partial charge >= 0.3 is 0 Å². The molecule has 2 aromatic rings. The van der Waals surface area contributed by atoms with Gasteiger partial charge in [-0.05, 0) is 37.1 Å². The molecule has 2 heterocycles. The zero-order chi connectivity index (χ0) is 17.9. The molecule has 5 nitrogen and oxygen atoms in total. The molecule has 0 saturated heterocycles. The molecule has 25 heavy (non-hydrogen) atoms. The summed E-state index contributed by atoms with van der Waals surface area (Å²) in [5.41, 5.74) is 2.09. The van der Waals surface area contributed by atoms with E-state index in [2.05, 4.69) is 15.3 Å². The summed E-state index contributed by atoms with van der Waals surface area (Å²) in [6, 6.07) is 9.23. The normalized spacial score (nSPS) is 10.4. The van der Waals surface area contributed by atoms with Crippen molar-refractivity contribution in [3.8, 4) is 11.4 Å². The van der Waals surface area contributed by atoms with Gasteiger partial charge in [0.2, 0.25) is 0 Å². The maximum absolute atomic E-state index is 12.1. The zero-order valence-electron chi connectivity index (χ0n) is 14.4. The van der Waals surface area contributed by atoms with Crippen LogP contribution in [0.3, 0.4) is 0 Å². The van der Waals surface area contributed by atoms with Crippen LogP contribution in [0, 0.1) is 0 Å². The van der Waals surface area contributed by atoms with Gasteiger partial charge in [0.05, 0.1) is 17.0 Å². The summed E-state index contributed by atoms with van der Waals surface area (Å²) >= 11 is 1.38. The van der Waals surface area contributed by atoms with Crippen molar-refractivity contribution in [1.29, 1.82) is 0 Å². The molecule has 132 valence electrons. The van der Waals surface area contributed by atoms with Crippen molar-refractivity contribution >= 4 is 22.8 Å². The van der Waals surface area contributed by atoms with Crippen LogP contribution in [0.25, 0.3) is 11.4 Å². The molecule has 0 radical (unpaired) electrons. The van der Waals surface area contributed by atoms with Crippen molar-refractivity contribution in [3.05, 3.63) is 48.3 Å². The number of unbranched alkanes of at least 4 members (excludes halogenated alkanes) is 3. The van der Waals surface area contributed by atoms with Gasteiger partial charge in [0, 0.05) is 31.6 Å². The first-order valence-corrected chi connectivity index (χ1v) is 9.44. The van der Waals surface area contributed by atoms with Crippen LogP contribution in [0.5, 0.6) is 0 Å². The summed E-state index contributed by atoms with van der Waals surface area (Å²) in [4.78, 5) is 31.4. The van der Waals surface area contributed by atoms with Crippen LogP contribution in [-0.2, 0) is 4.79 Å². The van der Waals surface area contributed by atoms with Crippen LogP contribution in [-0.4, -0.2) is 33.3 Å². The van der Waals surface area contributed by atoms with Gasteiger partial charge in [-0.25, -0.2) is 0 Å². The highest BCUT2D eigenvalue weighted by Gasteiger charge is 2.06. The zero-order valence-corrected chi connectivity index (χ0v) is 15.2. The van der Waals surface area contributed by atoms with Crippen molar-refractivity contribution < 1.29 is 9.59 Å². The monoisotopic (exact) mass is 357 g/mol. The van der Waals surface area contributed by atoms with Crippen molar-refractivity contribution in [2.45, 2.75) is 32.6 Å². The maximum atomic E-state index is 12.1. The molecule has 1 N–H and O–H groups in total. The van der Waals surface area contributed by atoms with Crippen molar-refractivity contribution in [1.82, 2.24) is 15.3 Å². The number of nitrogens with one attached hydrogen (secondary N) is 1. The average Bonchev–Trinajstić information content (AvgIpc) is 2.64. The Kier molecular flexibility index (Phi) is 8.12. The first-order chi connectivity index (χ1) is 12.2. The summed E-state index contributed by atoms with van der Waals surface area (Å²) in [5, 5.41) is 3.09. The highest BCUT2D eigenvalue weighted by Crippen LogP contribution is 2.13. The molecular weight excluding hydrogens is 334 g/mol. The quantitative estimate of drug-likeness (QED) is 0.693. The SMILES string of the molecule is CC(=O)SCCCCCCNC(=O)c1ccc(-c2ccccn2)nc1. The van der Waals surface area contributed by atoms with E-state index in [1.165, 1.54) is 11.8 Å². The summed E-state index contributed by atoms with van der Waals surface area (Å²) in [7, 11) is 0.